The van der Waals surface area contributed by atoms with E-state index < -0.39 is 11.6 Å². The number of para-hydroxylation sites is 1. The Morgan fingerprint density at radius 3 is 2.56 bits per heavy atom. The number of rotatable bonds is 2. The molecule has 0 aliphatic rings. The molecule has 0 aliphatic carbocycles. The van der Waals surface area contributed by atoms with Gasteiger partial charge in [0.1, 0.15) is 11.9 Å². The minimum Gasteiger partial charge on any atom is -0.351 e. The molecule has 0 heterocycles. The van der Waals surface area contributed by atoms with E-state index in [1.807, 2.05) is 6.07 Å². The van der Waals surface area contributed by atoms with Crippen LogP contribution in [0.4, 0.5) is 20.2 Å². The molecule has 0 bridgehead atoms. The van der Waals surface area contributed by atoms with Crippen molar-refractivity contribution in [1.82, 2.24) is 0 Å². The highest BCUT2D eigenvalue weighted by Gasteiger charge is 2.11. The van der Waals surface area contributed by atoms with E-state index in [-0.39, 0.29) is 10.7 Å². The summed E-state index contributed by atoms with van der Waals surface area (Å²) in [7, 11) is 0. The van der Waals surface area contributed by atoms with Gasteiger partial charge < -0.3 is 5.32 Å². The van der Waals surface area contributed by atoms with Crippen LogP contribution in [0, 0.1) is 23.0 Å². The van der Waals surface area contributed by atoms with E-state index >= 15 is 0 Å². The van der Waals surface area contributed by atoms with Crippen molar-refractivity contribution < 1.29 is 8.78 Å². The zero-order chi connectivity index (χ0) is 13.1. The average Bonchev–Trinajstić information content (AvgIpc) is 2.34. The Morgan fingerprint density at radius 2 is 1.89 bits per heavy atom. The second-order valence-electron chi connectivity index (χ2n) is 3.53. The molecule has 0 saturated heterocycles. The fourth-order valence-corrected chi connectivity index (χ4v) is 1.73. The summed E-state index contributed by atoms with van der Waals surface area (Å²) in [6.07, 6.45) is 0. The number of anilines is 2. The Morgan fingerprint density at radius 1 is 1.17 bits per heavy atom. The van der Waals surface area contributed by atoms with Gasteiger partial charge in [-0.3, -0.25) is 0 Å². The molecule has 18 heavy (non-hydrogen) atoms. The van der Waals surface area contributed by atoms with Crippen LogP contribution in [0.25, 0.3) is 0 Å². The van der Waals surface area contributed by atoms with Crippen LogP contribution < -0.4 is 5.32 Å². The van der Waals surface area contributed by atoms with E-state index in [9.17, 15) is 8.78 Å². The summed E-state index contributed by atoms with van der Waals surface area (Å²) >= 11 is 5.75. The van der Waals surface area contributed by atoms with Crippen LogP contribution in [-0.4, -0.2) is 0 Å². The number of hydrogen-bond donors (Lipinski definition) is 1. The van der Waals surface area contributed by atoms with Gasteiger partial charge in [0.2, 0.25) is 0 Å². The maximum Gasteiger partial charge on any atom is 0.151 e. The van der Waals surface area contributed by atoms with E-state index in [1.54, 1.807) is 24.3 Å². The van der Waals surface area contributed by atoms with Crippen molar-refractivity contribution in [2.75, 3.05) is 5.32 Å². The van der Waals surface area contributed by atoms with Gasteiger partial charge in [0, 0.05) is 6.07 Å². The summed E-state index contributed by atoms with van der Waals surface area (Å²) in [5.74, 6) is -1.57. The Hall–Kier alpha value is -2.12. The van der Waals surface area contributed by atoms with Crippen LogP contribution in [0.3, 0.4) is 0 Å². The van der Waals surface area contributed by atoms with Crippen LogP contribution in [0.1, 0.15) is 5.56 Å². The molecule has 1 N–H and O–H groups in total. The number of nitrogens with zero attached hydrogens (tertiary/aromatic N) is 1. The first-order chi connectivity index (χ1) is 8.61. The SMILES string of the molecule is N#Cc1ccccc1Nc1c(F)cc(F)cc1Cl. The predicted molar refractivity (Wildman–Crippen MR) is 65.8 cm³/mol. The molecule has 0 saturated carbocycles. The van der Waals surface area contributed by atoms with E-state index in [1.165, 1.54) is 0 Å². The first-order valence-electron chi connectivity index (χ1n) is 5.02. The molecule has 0 atom stereocenters. The number of benzene rings is 2. The normalized spacial score (nSPS) is 9.89. The van der Waals surface area contributed by atoms with E-state index in [0.29, 0.717) is 11.3 Å². The molecule has 0 aliphatic heterocycles. The van der Waals surface area contributed by atoms with Gasteiger partial charge in [0.15, 0.2) is 5.82 Å². The largest absolute Gasteiger partial charge is 0.351 e. The number of hydrogen-bond acceptors (Lipinski definition) is 2. The smallest absolute Gasteiger partial charge is 0.151 e. The molecule has 90 valence electrons. The van der Waals surface area contributed by atoms with Crippen molar-refractivity contribution in [3.63, 3.8) is 0 Å². The van der Waals surface area contributed by atoms with Crippen LogP contribution in [-0.2, 0) is 0 Å². The molecule has 0 aromatic heterocycles. The number of nitrogens with one attached hydrogen (secondary N) is 1. The first-order valence-corrected chi connectivity index (χ1v) is 5.40. The minimum atomic E-state index is -0.812. The predicted octanol–water partition coefficient (Wildman–Crippen LogP) is 4.23. The molecular weight excluding hydrogens is 258 g/mol. The maximum absolute atomic E-state index is 13.6. The molecule has 0 radical (unpaired) electrons. The summed E-state index contributed by atoms with van der Waals surface area (Å²) < 4.78 is 26.5. The lowest BCUT2D eigenvalue weighted by atomic mass is 10.2. The van der Waals surface area contributed by atoms with Crippen LogP contribution >= 0.6 is 11.6 Å². The van der Waals surface area contributed by atoms with E-state index in [2.05, 4.69) is 5.32 Å². The molecule has 2 rings (SSSR count). The lowest BCUT2D eigenvalue weighted by molar-refractivity contribution is 0.586. The van der Waals surface area contributed by atoms with E-state index in [4.69, 9.17) is 16.9 Å². The molecule has 5 heteroatoms. The van der Waals surface area contributed by atoms with Crippen molar-refractivity contribution >= 4 is 23.0 Å². The molecule has 2 aromatic carbocycles. The Labute approximate surface area is 107 Å². The first kappa shape index (κ1) is 12.3. The van der Waals surface area contributed by atoms with Crippen LogP contribution in [0.2, 0.25) is 5.02 Å². The second-order valence-corrected chi connectivity index (χ2v) is 3.93. The quantitative estimate of drug-likeness (QED) is 0.881. The average molecular weight is 265 g/mol. The Balaban J connectivity index is 2.44. The lowest BCUT2D eigenvalue weighted by Crippen LogP contribution is -1.98. The van der Waals surface area contributed by atoms with Crippen LogP contribution in [0.5, 0.6) is 0 Å². The molecule has 0 spiro atoms. The van der Waals surface area contributed by atoms with Gasteiger partial charge in [-0.1, -0.05) is 23.7 Å². The topological polar surface area (TPSA) is 35.8 Å². The Kier molecular flexibility index (Phi) is 3.45. The monoisotopic (exact) mass is 264 g/mol. The van der Waals surface area contributed by atoms with Crippen LogP contribution in [0.15, 0.2) is 36.4 Å². The van der Waals surface area contributed by atoms with Crippen molar-refractivity contribution in [1.29, 1.82) is 5.26 Å². The van der Waals surface area contributed by atoms with Crippen molar-refractivity contribution in [3.8, 4) is 6.07 Å². The molecule has 2 aromatic rings. The second kappa shape index (κ2) is 5.03. The number of nitriles is 1. The maximum atomic E-state index is 13.6. The van der Waals surface area contributed by atoms with Crippen molar-refractivity contribution in [2.24, 2.45) is 0 Å². The summed E-state index contributed by atoms with van der Waals surface area (Å²) in [6, 6.07) is 10.3. The Bertz CT molecular complexity index is 612. The standard InChI is InChI=1S/C13H7ClF2N2/c14-10-5-9(15)6-11(16)13(10)18-12-4-2-1-3-8(12)7-17/h1-6,18H. The van der Waals surface area contributed by atoms with Gasteiger partial charge in [-0.2, -0.15) is 5.26 Å². The summed E-state index contributed by atoms with van der Waals surface area (Å²) in [5.41, 5.74) is 0.700. The molecule has 0 amide bonds. The lowest BCUT2D eigenvalue weighted by Gasteiger charge is -2.10. The molecule has 0 fully saturated rings. The van der Waals surface area contributed by atoms with Gasteiger partial charge in [0.25, 0.3) is 0 Å². The number of halogens is 3. The van der Waals surface area contributed by atoms with Crippen molar-refractivity contribution in [3.05, 3.63) is 58.6 Å². The third-order valence-corrected chi connectivity index (χ3v) is 2.61. The zero-order valence-electron chi connectivity index (χ0n) is 9.05. The molecule has 0 unspecified atom stereocenters. The highest BCUT2D eigenvalue weighted by molar-refractivity contribution is 6.33. The van der Waals surface area contributed by atoms with Gasteiger partial charge in [0.05, 0.1) is 22.0 Å². The van der Waals surface area contributed by atoms with E-state index in [0.717, 1.165) is 12.1 Å². The zero-order valence-corrected chi connectivity index (χ0v) is 9.80. The third-order valence-electron chi connectivity index (χ3n) is 2.31. The fraction of sp³-hybridized carbons (Fsp3) is 0. The van der Waals surface area contributed by atoms with Gasteiger partial charge >= 0.3 is 0 Å². The van der Waals surface area contributed by atoms with Crippen molar-refractivity contribution in [2.45, 2.75) is 0 Å². The summed E-state index contributed by atoms with van der Waals surface area (Å²) in [4.78, 5) is 0. The van der Waals surface area contributed by atoms with Gasteiger partial charge in [-0.25, -0.2) is 8.78 Å². The van der Waals surface area contributed by atoms with Gasteiger partial charge in [-0.15, -0.1) is 0 Å². The highest BCUT2D eigenvalue weighted by atomic mass is 35.5. The summed E-state index contributed by atoms with van der Waals surface area (Å²) in [5, 5.41) is 11.5. The van der Waals surface area contributed by atoms with Gasteiger partial charge in [-0.05, 0) is 18.2 Å². The highest BCUT2D eigenvalue weighted by Crippen LogP contribution is 2.30. The molecule has 2 nitrogen and oxygen atoms in total. The third kappa shape index (κ3) is 2.41. The molecular formula is C13H7ClF2N2. The minimum absolute atomic E-state index is 0.0548. The fourth-order valence-electron chi connectivity index (χ4n) is 1.49. The summed E-state index contributed by atoms with van der Waals surface area (Å²) in [6.45, 7) is 0.